The molecule has 0 bridgehead atoms. The highest BCUT2D eigenvalue weighted by atomic mass is 35.5. The number of H-pyrrole nitrogens is 1. The van der Waals surface area contributed by atoms with E-state index in [1.54, 1.807) is 6.07 Å². The molecule has 2 saturated heterocycles. The molecule has 2 aliphatic heterocycles. The van der Waals surface area contributed by atoms with Crippen LogP contribution in [0.25, 0.3) is 0 Å². The first-order chi connectivity index (χ1) is 21.1. The van der Waals surface area contributed by atoms with Crippen LogP contribution in [0, 0.1) is 5.82 Å². The number of thiophene rings is 1. The van der Waals surface area contributed by atoms with Gasteiger partial charge in [-0.1, -0.05) is 11.6 Å². The lowest BCUT2D eigenvalue weighted by Crippen LogP contribution is -2.41. The molecule has 1 aromatic carbocycles. The molecule has 3 amide bonds. The quantitative estimate of drug-likeness (QED) is 0.247. The Morgan fingerprint density at radius 3 is 2.80 bits per heavy atom. The number of benzene rings is 1. The molecule has 3 N–H and O–H groups in total. The van der Waals surface area contributed by atoms with Crippen LogP contribution in [0.4, 0.5) is 26.5 Å². The van der Waals surface area contributed by atoms with E-state index in [4.69, 9.17) is 21.1 Å². The molecule has 2 atom stereocenters. The van der Waals surface area contributed by atoms with E-state index in [-0.39, 0.29) is 61.6 Å². The van der Waals surface area contributed by atoms with Gasteiger partial charge in [-0.05, 0) is 30.3 Å². The van der Waals surface area contributed by atoms with Gasteiger partial charge in [0.2, 0.25) is 5.95 Å². The zero-order chi connectivity index (χ0) is 31.4. The molecule has 0 saturated carbocycles. The molecule has 232 valence electrons. The van der Waals surface area contributed by atoms with Gasteiger partial charge in [-0.3, -0.25) is 29.5 Å². The normalized spacial score (nSPS) is 17.5. The maximum Gasteiger partial charge on any atom is 0.414 e. The Labute approximate surface area is 258 Å². The molecule has 2 fully saturated rings. The van der Waals surface area contributed by atoms with Crippen molar-refractivity contribution >= 4 is 70.4 Å². The van der Waals surface area contributed by atoms with E-state index in [1.165, 1.54) is 34.2 Å². The molecular formula is C27H26ClFN6O8S. The number of hydrogen-bond donors (Lipinski definition) is 3. The lowest BCUT2D eigenvalue weighted by atomic mass is 10.1. The number of amides is 3. The van der Waals surface area contributed by atoms with Crippen LogP contribution >= 0.6 is 22.9 Å². The lowest BCUT2D eigenvalue weighted by molar-refractivity contribution is -0.139. The number of cyclic esters (lactones) is 1. The summed E-state index contributed by atoms with van der Waals surface area (Å²) in [6.45, 7) is 0.0226. The van der Waals surface area contributed by atoms with Crippen molar-refractivity contribution in [1.29, 1.82) is 0 Å². The SMILES string of the molecule is O=CCN[C@@H](Cc1cnc(N(C[C@H]2CN(c3ccc(N4CCOCC4=O)cc3F)C(=O)O2)C(=O)c2ccc(Cl)s2)[nH]1)C(=O)O. The van der Waals surface area contributed by atoms with Gasteiger partial charge in [0.1, 0.15) is 30.9 Å². The number of halogens is 2. The maximum atomic E-state index is 15.2. The Bertz CT molecular complexity index is 1580. The summed E-state index contributed by atoms with van der Waals surface area (Å²) < 4.78 is 26.2. The first kappa shape index (κ1) is 31.1. The van der Waals surface area contributed by atoms with Crippen LogP contribution in [0.1, 0.15) is 15.4 Å². The van der Waals surface area contributed by atoms with Crippen molar-refractivity contribution in [3.8, 4) is 0 Å². The van der Waals surface area contributed by atoms with Crippen molar-refractivity contribution < 1.29 is 42.9 Å². The number of nitrogens with one attached hydrogen (secondary N) is 2. The fourth-order valence-corrected chi connectivity index (χ4v) is 5.76. The van der Waals surface area contributed by atoms with Gasteiger partial charge in [-0.15, -0.1) is 11.3 Å². The largest absolute Gasteiger partial charge is 0.480 e. The van der Waals surface area contributed by atoms with Crippen molar-refractivity contribution in [2.45, 2.75) is 18.6 Å². The predicted octanol–water partition coefficient (Wildman–Crippen LogP) is 2.08. The summed E-state index contributed by atoms with van der Waals surface area (Å²) in [5.41, 5.74) is 0.627. The van der Waals surface area contributed by atoms with E-state index in [0.717, 1.165) is 22.3 Å². The van der Waals surface area contributed by atoms with E-state index in [0.29, 0.717) is 28.6 Å². The van der Waals surface area contributed by atoms with Crippen LogP contribution in [0.15, 0.2) is 36.5 Å². The third kappa shape index (κ3) is 6.88. The summed E-state index contributed by atoms with van der Waals surface area (Å²) >= 11 is 7.07. The number of aldehydes is 1. The smallest absolute Gasteiger partial charge is 0.414 e. The highest BCUT2D eigenvalue weighted by Gasteiger charge is 2.37. The Morgan fingerprint density at radius 2 is 2.11 bits per heavy atom. The van der Waals surface area contributed by atoms with E-state index < -0.39 is 35.9 Å². The number of carbonyl (C=O) groups excluding carboxylic acids is 4. The van der Waals surface area contributed by atoms with Gasteiger partial charge >= 0.3 is 12.1 Å². The van der Waals surface area contributed by atoms with Gasteiger partial charge < -0.3 is 29.3 Å². The van der Waals surface area contributed by atoms with E-state index in [9.17, 15) is 29.1 Å². The topological polar surface area (TPSA) is 174 Å². The number of carboxylic acid groups (broad SMARTS) is 1. The van der Waals surface area contributed by atoms with Crippen LogP contribution < -0.4 is 20.0 Å². The summed E-state index contributed by atoms with van der Waals surface area (Å²) in [7, 11) is 0. The summed E-state index contributed by atoms with van der Waals surface area (Å²) in [6.07, 6.45) is 0.0927. The molecule has 17 heteroatoms. The molecule has 4 heterocycles. The molecule has 0 aliphatic carbocycles. The van der Waals surface area contributed by atoms with Gasteiger partial charge in [0.15, 0.2) is 0 Å². The molecule has 5 rings (SSSR count). The fraction of sp³-hybridized carbons (Fsp3) is 0.333. The number of nitrogens with zero attached hydrogens (tertiary/aromatic N) is 4. The van der Waals surface area contributed by atoms with Gasteiger partial charge in [0.25, 0.3) is 11.8 Å². The van der Waals surface area contributed by atoms with Crippen molar-refractivity contribution in [3.05, 3.63) is 57.3 Å². The maximum absolute atomic E-state index is 15.2. The second kappa shape index (κ2) is 13.5. The number of carboxylic acids is 1. The monoisotopic (exact) mass is 648 g/mol. The summed E-state index contributed by atoms with van der Waals surface area (Å²) in [4.78, 5) is 72.0. The summed E-state index contributed by atoms with van der Waals surface area (Å²) in [6, 6.07) is 6.05. The Morgan fingerprint density at radius 1 is 1.30 bits per heavy atom. The molecule has 0 unspecified atom stereocenters. The second-order valence-corrected chi connectivity index (χ2v) is 11.5. The molecule has 14 nitrogen and oxygen atoms in total. The predicted molar refractivity (Wildman–Crippen MR) is 156 cm³/mol. The van der Waals surface area contributed by atoms with Crippen molar-refractivity contribution in [2.75, 3.05) is 54.1 Å². The number of aromatic nitrogens is 2. The Kier molecular flexibility index (Phi) is 9.53. The fourth-order valence-electron chi connectivity index (χ4n) is 4.76. The minimum atomic E-state index is -1.18. The van der Waals surface area contributed by atoms with Crippen LogP contribution in [0.2, 0.25) is 4.34 Å². The van der Waals surface area contributed by atoms with Crippen molar-refractivity contribution in [1.82, 2.24) is 15.3 Å². The minimum Gasteiger partial charge on any atom is -0.480 e. The van der Waals surface area contributed by atoms with Gasteiger partial charge in [-0.25, -0.2) is 14.2 Å². The highest BCUT2D eigenvalue weighted by molar-refractivity contribution is 7.18. The standard InChI is InChI=1S/C27H26ClFN6O8S/c28-22-4-3-21(44-22)24(38)35(26-31-11-15(32-26)9-19(25(39)40)30-5-7-36)13-17-12-34(27(41)43-17)20-2-1-16(10-18(20)29)33-6-8-42-14-23(33)37/h1-4,7,10-11,17,19,30H,5-6,8-9,12-14H2,(H,31,32)(H,39,40)/t17-,19+/m1/s1. The third-order valence-corrected chi connectivity index (χ3v) is 8.07. The van der Waals surface area contributed by atoms with Gasteiger partial charge in [0, 0.05) is 24.3 Å². The Hall–Kier alpha value is -4.38. The number of aliphatic carboxylic acids is 1. The number of hydrogen-bond acceptors (Lipinski definition) is 10. The van der Waals surface area contributed by atoms with Crippen LogP contribution in [0.3, 0.4) is 0 Å². The minimum absolute atomic E-state index is 0.0502. The average Bonchev–Trinajstić information content (AvgIpc) is 3.74. The third-order valence-electron chi connectivity index (χ3n) is 6.85. The highest BCUT2D eigenvalue weighted by Crippen LogP contribution is 2.30. The molecule has 0 radical (unpaired) electrons. The van der Waals surface area contributed by atoms with Gasteiger partial charge in [0.05, 0.1) is 47.3 Å². The molecule has 2 aromatic heterocycles. The number of rotatable bonds is 12. The number of ether oxygens (including phenoxy) is 2. The second-order valence-electron chi connectivity index (χ2n) is 9.77. The van der Waals surface area contributed by atoms with Crippen LogP contribution in [-0.2, 0) is 30.3 Å². The molecular weight excluding hydrogens is 623 g/mol. The number of imidazole rings is 1. The molecule has 44 heavy (non-hydrogen) atoms. The van der Waals surface area contributed by atoms with Crippen LogP contribution in [0.5, 0.6) is 0 Å². The summed E-state index contributed by atoms with van der Waals surface area (Å²) in [5, 5.41) is 12.1. The Balaban J connectivity index is 1.34. The van der Waals surface area contributed by atoms with Crippen molar-refractivity contribution in [2.24, 2.45) is 0 Å². The first-order valence-electron chi connectivity index (χ1n) is 13.3. The van der Waals surface area contributed by atoms with E-state index >= 15 is 4.39 Å². The average molecular weight is 649 g/mol. The zero-order valence-corrected chi connectivity index (χ0v) is 24.5. The number of carbonyl (C=O) groups is 5. The molecule has 2 aliphatic rings. The van der Waals surface area contributed by atoms with Gasteiger partial charge in [-0.2, -0.15) is 0 Å². The first-order valence-corrected chi connectivity index (χ1v) is 14.5. The van der Waals surface area contributed by atoms with Crippen LogP contribution in [-0.4, -0.2) is 96.8 Å². The zero-order valence-electron chi connectivity index (χ0n) is 22.9. The summed E-state index contributed by atoms with van der Waals surface area (Å²) in [5.74, 6) is -2.70. The molecule has 0 spiro atoms. The van der Waals surface area contributed by atoms with E-state index in [1.807, 2.05) is 0 Å². The number of aromatic amines is 1. The van der Waals surface area contributed by atoms with Crippen molar-refractivity contribution in [3.63, 3.8) is 0 Å². The number of morpholine rings is 1. The van der Waals surface area contributed by atoms with E-state index in [2.05, 4.69) is 15.3 Å². The molecule has 3 aromatic rings. The number of anilines is 3. The lowest BCUT2D eigenvalue weighted by Gasteiger charge is -2.27.